The highest BCUT2D eigenvalue weighted by molar-refractivity contribution is 5.84. The van der Waals surface area contributed by atoms with Crippen molar-refractivity contribution in [3.63, 3.8) is 0 Å². The fourth-order valence-electron chi connectivity index (χ4n) is 1.59. The molecule has 0 bridgehead atoms. The number of hydrogen-bond acceptors (Lipinski definition) is 5. The maximum atomic E-state index is 11.9. The van der Waals surface area contributed by atoms with Crippen LogP contribution in [0, 0.1) is 17.0 Å². The van der Waals surface area contributed by atoms with Crippen molar-refractivity contribution < 1.29 is 9.72 Å². The van der Waals surface area contributed by atoms with Crippen LogP contribution >= 0.6 is 0 Å². The van der Waals surface area contributed by atoms with Gasteiger partial charge >= 0.3 is 0 Å². The number of amides is 1. The molecule has 0 radical (unpaired) electrons. The van der Waals surface area contributed by atoms with E-state index in [1.54, 1.807) is 13.8 Å². The van der Waals surface area contributed by atoms with Crippen LogP contribution in [0.2, 0.25) is 0 Å². The molecule has 1 aromatic heterocycles. The number of carbonyl (C=O) groups excluding carboxylic acids is 1. The summed E-state index contributed by atoms with van der Waals surface area (Å²) in [6.07, 6.45) is 0. The fourth-order valence-corrected chi connectivity index (χ4v) is 1.59. The molecule has 1 heterocycles. The van der Waals surface area contributed by atoms with E-state index in [1.165, 1.54) is 12.1 Å². The predicted octanol–water partition coefficient (Wildman–Crippen LogP) is 2.01. The van der Waals surface area contributed by atoms with Crippen LogP contribution < -0.4 is 10.6 Å². The number of aromatic nitrogens is 1. The Balaban J connectivity index is 2.76. The summed E-state index contributed by atoms with van der Waals surface area (Å²) in [5.74, 6) is 0.278. The van der Waals surface area contributed by atoms with E-state index < -0.39 is 11.0 Å². The molecule has 1 atom stereocenters. The van der Waals surface area contributed by atoms with Crippen LogP contribution in [0.1, 0.15) is 33.4 Å². The van der Waals surface area contributed by atoms with E-state index in [9.17, 15) is 14.9 Å². The van der Waals surface area contributed by atoms with Gasteiger partial charge in [-0.05, 0) is 40.7 Å². The minimum atomic E-state index is -0.484. The largest absolute Gasteiger partial charge is 0.359 e. The number of anilines is 1. The van der Waals surface area contributed by atoms with Gasteiger partial charge in [-0.15, -0.1) is 0 Å². The number of hydrogen-bond donors (Lipinski definition) is 2. The van der Waals surface area contributed by atoms with Gasteiger partial charge in [0.2, 0.25) is 5.91 Å². The van der Waals surface area contributed by atoms with Gasteiger partial charge in [0.05, 0.1) is 4.92 Å². The second-order valence-corrected chi connectivity index (χ2v) is 5.66. The van der Waals surface area contributed by atoms with Gasteiger partial charge in [0.25, 0.3) is 5.69 Å². The molecule has 110 valence electrons. The molecule has 0 aliphatic heterocycles. The summed E-state index contributed by atoms with van der Waals surface area (Å²) in [7, 11) is 0. The molecule has 0 fully saturated rings. The van der Waals surface area contributed by atoms with Gasteiger partial charge in [-0.1, -0.05) is 0 Å². The van der Waals surface area contributed by atoms with Crippen molar-refractivity contribution in [1.82, 2.24) is 10.3 Å². The van der Waals surface area contributed by atoms with E-state index in [0.29, 0.717) is 11.5 Å². The van der Waals surface area contributed by atoms with Gasteiger partial charge in [0, 0.05) is 11.6 Å². The first-order chi connectivity index (χ1) is 9.10. The minimum absolute atomic E-state index is 0.0395. The average Bonchev–Trinajstić information content (AvgIpc) is 2.26. The van der Waals surface area contributed by atoms with Crippen molar-refractivity contribution in [3.8, 4) is 0 Å². The lowest BCUT2D eigenvalue weighted by Crippen LogP contribution is -2.47. The maximum Gasteiger partial charge on any atom is 0.290 e. The molecule has 0 aromatic carbocycles. The minimum Gasteiger partial charge on any atom is -0.359 e. The molecular weight excluding hydrogens is 260 g/mol. The van der Waals surface area contributed by atoms with Crippen LogP contribution in [0.4, 0.5) is 11.5 Å². The fraction of sp³-hybridized carbons (Fsp3) is 0.538. The number of carbonyl (C=O) groups is 1. The molecule has 0 saturated carbocycles. The highest BCUT2D eigenvalue weighted by Crippen LogP contribution is 2.18. The van der Waals surface area contributed by atoms with Crippen LogP contribution in [0.15, 0.2) is 12.1 Å². The van der Waals surface area contributed by atoms with Crippen LogP contribution in [0.3, 0.4) is 0 Å². The van der Waals surface area contributed by atoms with Crippen molar-refractivity contribution in [3.05, 3.63) is 27.9 Å². The normalized spacial score (nSPS) is 12.7. The number of aryl methyl sites for hydroxylation is 1. The summed E-state index contributed by atoms with van der Waals surface area (Å²) in [6.45, 7) is 8.95. The molecule has 1 unspecified atom stereocenters. The zero-order chi connectivity index (χ0) is 15.5. The van der Waals surface area contributed by atoms with Crippen LogP contribution in [0.25, 0.3) is 0 Å². The second-order valence-electron chi connectivity index (χ2n) is 5.66. The van der Waals surface area contributed by atoms with Gasteiger partial charge in [-0.2, -0.15) is 0 Å². The molecule has 0 saturated heterocycles. The number of nitrogens with zero attached hydrogens (tertiary/aromatic N) is 2. The van der Waals surface area contributed by atoms with E-state index in [2.05, 4.69) is 15.6 Å². The summed E-state index contributed by atoms with van der Waals surface area (Å²) in [4.78, 5) is 26.2. The summed E-state index contributed by atoms with van der Waals surface area (Å²) >= 11 is 0. The molecule has 1 amide bonds. The third-order valence-electron chi connectivity index (χ3n) is 2.51. The van der Waals surface area contributed by atoms with E-state index in [-0.39, 0.29) is 17.1 Å². The second kappa shape index (κ2) is 5.85. The highest BCUT2D eigenvalue weighted by atomic mass is 16.6. The van der Waals surface area contributed by atoms with Crippen molar-refractivity contribution in [2.75, 3.05) is 5.32 Å². The first-order valence-corrected chi connectivity index (χ1v) is 6.31. The van der Waals surface area contributed by atoms with Gasteiger partial charge in [-0.25, -0.2) is 4.98 Å². The first kappa shape index (κ1) is 15.9. The number of pyridine rings is 1. The standard InChI is InChI=1S/C13H20N4O3/c1-8-10(17(19)20)6-7-11(14-8)15-9(2)12(18)16-13(3,4)5/h6-7,9H,1-5H3,(H,14,15)(H,16,18). The Labute approximate surface area is 117 Å². The number of nitro groups is 1. The highest BCUT2D eigenvalue weighted by Gasteiger charge is 2.20. The Kier molecular flexibility index (Phi) is 4.65. The summed E-state index contributed by atoms with van der Waals surface area (Å²) in [6, 6.07) is 2.38. The Bertz CT molecular complexity index is 523. The number of nitrogens with one attached hydrogen (secondary N) is 2. The molecule has 0 aliphatic rings. The van der Waals surface area contributed by atoms with Crippen molar-refractivity contribution in [1.29, 1.82) is 0 Å². The van der Waals surface area contributed by atoms with Crippen LogP contribution in [0.5, 0.6) is 0 Å². The van der Waals surface area contributed by atoms with Crippen molar-refractivity contribution in [2.24, 2.45) is 0 Å². The summed E-state index contributed by atoms with van der Waals surface area (Å²) < 4.78 is 0. The molecule has 2 N–H and O–H groups in total. The molecule has 1 rings (SSSR count). The van der Waals surface area contributed by atoms with E-state index >= 15 is 0 Å². The summed E-state index contributed by atoms with van der Waals surface area (Å²) in [5.41, 5.74) is -0.0444. The lowest BCUT2D eigenvalue weighted by molar-refractivity contribution is -0.385. The Morgan fingerprint density at radius 2 is 2.00 bits per heavy atom. The van der Waals surface area contributed by atoms with Crippen LogP contribution in [-0.2, 0) is 4.79 Å². The third-order valence-corrected chi connectivity index (χ3v) is 2.51. The molecule has 0 aliphatic carbocycles. The van der Waals surface area contributed by atoms with Gasteiger partial charge in [0.1, 0.15) is 17.6 Å². The van der Waals surface area contributed by atoms with Crippen molar-refractivity contribution >= 4 is 17.4 Å². The Hall–Kier alpha value is -2.18. The van der Waals surface area contributed by atoms with E-state index in [1.807, 2.05) is 20.8 Å². The molecule has 7 nitrogen and oxygen atoms in total. The monoisotopic (exact) mass is 280 g/mol. The molecule has 20 heavy (non-hydrogen) atoms. The zero-order valence-electron chi connectivity index (χ0n) is 12.4. The van der Waals surface area contributed by atoms with E-state index in [0.717, 1.165) is 0 Å². The van der Waals surface area contributed by atoms with E-state index in [4.69, 9.17) is 0 Å². The third kappa shape index (κ3) is 4.49. The molecule has 1 aromatic rings. The Morgan fingerprint density at radius 3 is 2.45 bits per heavy atom. The number of rotatable bonds is 4. The van der Waals surface area contributed by atoms with Gasteiger partial charge < -0.3 is 10.6 Å². The Morgan fingerprint density at radius 1 is 1.40 bits per heavy atom. The SMILES string of the molecule is Cc1nc(NC(C)C(=O)NC(C)(C)C)ccc1[N+](=O)[O-]. The summed E-state index contributed by atoms with van der Waals surface area (Å²) in [5, 5.41) is 16.5. The predicted molar refractivity (Wildman–Crippen MR) is 76.6 cm³/mol. The van der Waals surface area contributed by atoms with Crippen molar-refractivity contribution in [2.45, 2.75) is 46.2 Å². The quantitative estimate of drug-likeness (QED) is 0.649. The average molecular weight is 280 g/mol. The first-order valence-electron chi connectivity index (χ1n) is 6.31. The lowest BCUT2D eigenvalue weighted by Gasteiger charge is -2.23. The molecular formula is C13H20N4O3. The van der Waals surface area contributed by atoms with Gasteiger partial charge in [-0.3, -0.25) is 14.9 Å². The van der Waals surface area contributed by atoms with Crippen LogP contribution in [-0.4, -0.2) is 27.4 Å². The van der Waals surface area contributed by atoms with Gasteiger partial charge in [0.15, 0.2) is 0 Å². The molecule has 7 heteroatoms. The topological polar surface area (TPSA) is 97.2 Å². The smallest absolute Gasteiger partial charge is 0.290 e. The maximum absolute atomic E-state index is 11.9. The zero-order valence-corrected chi connectivity index (χ0v) is 12.4. The lowest BCUT2D eigenvalue weighted by atomic mass is 10.1. The molecule has 0 spiro atoms.